The largest absolute Gasteiger partial charge is 0.480 e. The van der Waals surface area contributed by atoms with Crippen molar-refractivity contribution < 1.29 is 18.3 Å². The molecule has 7 heteroatoms. The van der Waals surface area contributed by atoms with Gasteiger partial charge < -0.3 is 5.11 Å². The highest BCUT2D eigenvalue weighted by Crippen LogP contribution is 2.20. The molecule has 0 saturated carbocycles. The summed E-state index contributed by atoms with van der Waals surface area (Å²) in [4.78, 5) is 11.0. The van der Waals surface area contributed by atoms with Crippen molar-refractivity contribution in [1.82, 2.24) is 9.03 Å². The first-order valence-electron chi connectivity index (χ1n) is 6.04. The Balaban J connectivity index is 2.04. The van der Waals surface area contributed by atoms with Crippen LogP contribution in [0.3, 0.4) is 0 Å². The molecule has 0 bridgehead atoms. The molecule has 1 atom stereocenters. The Morgan fingerprint density at radius 3 is 2.68 bits per heavy atom. The third-order valence-corrected chi connectivity index (χ3v) is 4.66. The van der Waals surface area contributed by atoms with Crippen LogP contribution in [0, 0.1) is 0 Å². The monoisotopic (exact) mass is 284 g/mol. The SMILES string of the molecule is O=C(O)[C@@H]1CCCN1S(=O)(=O)NCc1ccccc1. The zero-order chi connectivity index (χ0) is 13.9. The summed E-state index contributed by atoms with van der Waals surface area (Å²) in [5, 5.41) is 9.00. The van der Waals surface area contributed by atoms with Crippen molar-refractivity contribution in [3.63, 3.8) is 0 Å². The van der Waals surface area contributed by atoms with E-state index in [4.69, 9.17) is 5.11 Å². The summed E-state index contributed by atoms with van der Waals surface area (Å²) in [6.45, 7) is 0.410. The van der Waals surface area contributed by atoms with E-state index in [0.717, 1.165) is 9.87 Å². The predicted octanol–water partition coefficient (Wildman–Crippen LogP) is 0.570. The molecule has 1 aromatic rings. The van der Waals surface area contributed by atoms with Crippen molar-refractivity contribution in [3.05, 3.63) is 35.9 Å². The number of nitrogens with zero attached hydrogens (tertiary/aromatic N) is 1. The topological polar surface area (TPSA) is 86.7 Å². The number of aliphatic carboxylic acids is 1. The quantitative estimate of drug-likeness (QED) is 0.827. The van der Waals surface area contributed by atoms with Gasteiger partial charge in [0.2, 0.25) is 0 Å². The number of benzene rings is 1. The average molecular weight is 284 g/mol. The standard InChI is InChI=1S/C12H16N2O4S/c15-12(16)11-7-4-8-14(11)19(17,18)13-9-10-5-2-1-3-6-10/h1-3,5-6,11,13H,4,7-9H2,(H,15,16)/t11-/m0/s1. The van der Waals surface area contributed by atoms with Gasteiger partial charge in [-0.15, -0.1) is 0 Å². The van der Waals surface area contributed by atoms with Gasteiger partial charge in [0.15, 0.2) is 0 Å². The molecule has 0 radical (unpaired) electrons. The number of hydrogen-bond acceptors (Lipinski definition) is 3. The summed E-state index contributed by atoms with van der Waals surface area (Å²) in [5.41, 5.74) is 0.831. The summed E-state index contributed by atoms with van der Waals surface area (Å²) >= 11 is 0. The van der Waals surface area contributed by atoms with Crippen molar-refractivity contribution in [1.29, 1.82) is 0 Å². The van der Waals surface area contributed by atoms with E-state index < -0.39 is 22.2 Å². The van der Waals surface area contributed by atoms with E-state index in [9.17, 15) is 13.2 Å². The first-order valence-corrected chi connectivity index (χ1v) is 7.48. The molecule has 0 unspecified atom stereocenters. The summed E-state index contributed by atoms with van der Waals surface area (Å²) in [7, 11) is -3.75. The molecule has 2 rings (SSSR count). The maximum absolute atomic E-state index is 12.1. The highest BCUT2D eigenvalue weighted by molar-refractivity contribution is 7.87. The minimum absolute atomic E-state index is 0.159. The minimum Gasteiger partial charge on any atom is -0.480 e. The molecule has 19 heavy (non-hydrogen) atoms. The molecule has 6 nitrogen and oxygen atoms in total. The van der Waals surface area contributed by atoms with Crippen molar-refractivity contribution in [2.24, 2.45) is 0 Å². The van der Waals surface area contributed by atoms with Crippen LogP contribution in [0.4, 0.5) is 0 Å². The molecule has 2 N–H and O–H groups in total. The van der Waals surface area contributed by atoms with Gasteiger partial charge in [-0.2, -0.15) is 17.4 Å². The normalized spacial score (nSPS) is 20.5. The fourth-order valence-corrected chi connectivity index (χ4v) is 3.54. The Kier molecular flexibility index (Phi) is 4.18. The lowest BCUT2D eigenvalue weighted by Gasteiger charge is -2.21. The van der Waals surface area contributed by atoms with E-state index in [1.54, 1.807) is 12.1 Å². The molecular weight excluding hydrogens is 268 g/mol. The predicted molar refractivity (Wildman–Crippen MR) is 69.6 cm³/mol. The van der Waals surface area contributed by atoms with Crippen LogP contribution in [0.2, 0.25) is 0 Å². The number of hydrogen-bond donors (Lipinski definition) is 2. The van der Waals surface area contributed by atoms with E-state index >= 15 is 0 Å². The lowest BCUT2D eigenvalue weighted by atomic mass is 10.2. The van der Waals surface area contributed by atoms with Gasteiger partial charge in [-0.3, -0.25) is 4.79 Å². The minimum atomic E-state index is -3.75. The van der Waals surface area contributed by atoms with Gasteiger partial charge in [0.25, 0.3) is 10.2 Å². The van der Waals surface area contributed by atoms with Crippen LogP contribution >= 0.6 is 0 Å². The van der Waals surface area contributed by atoms with Gasteiger partial charge in [-0.1, -0.05) is 30.3 Å². The van der Waals surface area contributed by atoms with Gasteiger partial charge >= 0.3 is 5.97 Å². The molecule has 0 amide bonds. The third kappa shape index (κ3) is 3.31. The number of carbonyl (C=O) groups is 1. The van der Waals surface area contributed by atoms with Gasteiger partial charge in [0.05, 0.1) is 0 Å². The summed E-state index contributed by atoms with van der Waals surface area (Å²) in [6.07, 6.45) is 0.935. The summed E-state index contributed by atoms with van der Waals surface area (Å²) in [6, 6.07) is 8.15. The fraction of sp³-hybridized carbons (Fsp3) is 0.417. The van der Waals surface area contributed by atoms with E-state index in [2.05, 4.69) is 4.72 Å². The Labute approximate surface area is 112 Å². The zero-order valence-corrected chi connectivity index (χ0v) is 11.1. The second kappa shape index (κ2) is 5.68. The van der Waals surface area contributed by atoms with Crippen molar-refractivity contribution in [3.8, 4) is 0 Å². The lowest BCUT2D eigenvalue weighted by Crippen LogP contribution is -2.46. The Hall–Kier alpha value is -1.44. The molecule has 1 aromatic carbocycles. The van der Waals surface area contributed by atoms with E-state index in [1.807, 2.05) is 18.2 Å². The zero-order valence-electron chi connectivity index (χ0n) is 10.3. The lowest BCUT2D eigenvalue weighted by molar-refractivity contribution is -0.140. The van der Waals surface area contributed by atoms with Crippen LogP contribution in [0.15, 0.2) is 30.3 Å². The van der Waals surface area contributed by atoms with Gasteiger partial charge in [0.1, 0.15) is 6.04 Å². The Bertz CT molecular complexity index is 544. The van der Waals surface area contributed by atoms with E-state index in [-0.39, 0.29) is 13.1 Å². The van der Waals surface area contributed by atoms with Crippen LogP contribution < -0.4 is 4.72 Å². The van der Waals surface area contributed by atoms with Crippen LogP contribution in [0.5, 0.6) is 0 Å². The number of carboxylic acid groups (broad SMARTS) is 1. The van der Waals surface area contributed by atoms with Crippen LogP contribution in [-0.4, -0.2) is 36.4 Å². The maximum atomic E-state index is 12.1. The first kappa shape index (κ1) is 14.0. The molecule has 104 valence electrons. The fourth-order valence-electron chi connectivity index (χ4n) is 2.13. The number of rotatable bonds is 5. The second-order valence-corrected chi connectivity index (χ2v) is 6.13. The summed E-state index contributed by atoms with van der Waals surface area (Å²) < 4.78 is 27.6. The van der Waals surface area contributed by atoms with Crippen molar-refractivity contribution in [2.45, 2.75) is 25.4 Å². The van der Waals surface area contributed by atoms with E-state index in [0.29, 0.717) is 12.8 Å². The highest BCUT2D eigenvalue weighted by Gasteiger charge is 2.38. The van der Waals surface area contributed by atoms with Crippen LogP contribution in [-0.2, 0) is 21.5 Å². The molecule has 1 aliphatic heterocycles. The van der Waals surface area contributed by atoms with Crippen molar-refractivity contribution >= 4 is 16.2 Å². The summed E-state index contributed by atoms with van der Waals surface area (Å²) in [5.74, 6) is -1.09. The molecule has 1 fully saturated rings. The smallest absolute Gasteiger partial charge is 0.322 e. The molecule has 1 heterocycles. The van der Waals surface area contributed by atoms with Gasteiger partial charge in [-0.25, -0.2) is 0 Å². The maximum Gasteiger partial charge on any atom is 0.322 e. The Morgan fingerprint density at radius 1 is 1.37 bits per heavy atom. The van der Waals surface area contributed by atoms with Crippen molar-refractivity contribution in [2.75, 3.05) is 6.54 Å². The Morgan fingerprint density at radius 2 is 2.05 bits per heavy atom. The first-order chi connectivity index (χ1) is 9.00. The molecular formula is C12H16N2O4S. The highest BCUT2D eigenvalue weighted by atomic mass is 32.2. The average Bonchev–Trinajstić information content (AvgIpc) is 2.88. The van der Waals surface area contributed by atoms with Crippen LogP contribution in [0.1, 0.15) is 18.4 Å². The van der Waals surface area contributed by atoms with Crippen LogP contribution in [0.25, 0.3) is 0 Å². The van der Waals surface area contributed by atoms with Gasteiger partial charge in [0, 0.05) is 13.1 Å². The third-order valence-electron chi connectivity index (χ3n) is 3.10. The molecule has 0 aliphatic carbocycles. The molecule has 1 saturated heterocycles. The number of carboxylic acids is 1. The molecule has 0 spiro atoms. The van der Waals surface area contributed by atoms with Gasteiger partial charge in [-0.05, 0) is 18.4 Å². The second-order valence-electron chi connectivity index (χ2n) is 4.42. The number of nitrogens with one attached hydrogen (secondary N) is 1. The van der Waals surface area contributed by atoms with E-state index in [1.165, 1.54) is 0 Å². The molecule has 1 aliphatic rings. The molecule has 0 aromatic heterocycles.